The molecule has 0 spiro atoms. The number of β-amino-alcohol motifs (C(OH)–C–C–N with tert-alkyl or cyclic N) is 1. The van der Waals surface area contributed by atoms with Crippen molar-refractivity contribution in [2.24, 2.45) is 5.92 Å². The third kappa shape index (κ3) is 4.32. The predicted octanol–water partition coefficient (Wildman–Crippen LogP) is 3.97. The SMILES string of the molecule is CC1CCCN(CC(O)c2ccc(C(C)C)cc2)CC1. The Morgan fingerprint density at radius 3 is 2.40 bits per heavy atom. The van der Waals surface area contributed by atoms with Crippen LogP contribution in [-0.4, -0.2) is 29.6 Å². The standard InChI is InChI=1S/C18H29NO/c1-14(2)16-6-8-17(9-7-16)18(20)13-19-11-4-5-15(3)10-12-19/h6-9,14-15,18,20H,4-5,10-13H2,1-3H3. The first kappa shape index (κ1) is 15.5. The van der Waals surface area contributed by atoms with Crippen molar-refractivity contribution in [3.8, 4) is 0 Å². The number of aliphatic hydroxyl groups is 1. The Balaban J connectivity index is 1.92. The lowest BCUT2D eigenvalue weighted by Gasteiger charge is -2.23. The lowest BCUT2D eigenvalue weighted by atomic mass is 10.00. The van der Waals surface area contributed by atoms with Crippen molar-refractivity contribution in [1.82, 2.24) is 4.90 Å². The summed E-state index contributed by atoms with van der Waals surface area (Å²) in [5.74, 6) is 1.38. The largest absolute Gasteiger partial charge is 0.387 e. The second kappa shape index (κ2) is 7.24. The summed E-state index contributed by atoms with van der Waals surface area (Å²) in [7, 11) is 0. The zero-order valence-electron chi connectivity index (χ0n) is 13.2. The van der Waals surface area contributed by atoms with Gasteiger partial charge in [-0.05, 0) is 55.3 Å². The van der Waals surface area contributed by atoms with Crippen LogP contribution in [0.4, 0.5) is 0 Å². The summed E-state index contributed by atoms with van der Waals surface area (Å²) in [6.45, 7) is 9.76. The normalized spacial score (nSPS) is 22.8. The summed E-state index contributed by atoms with van der Waals surface area (Å²) in [5, 5.41) is 10.4. The van der Waals surface area contributed by atoms with Crippen LogP contribution < -0.4 is 0 Å². The average Bonchev–Trinajstić information content (AvgIpc) is 2.64. The second-order valence-corrected chi connectivity index (χ2v) is 6.67. The molecule has 0 radical (unpaired) electrons. The maximum Gasteiger partial charge on any atom is 0.0916 e. The molecule has 0 bridgehead atoms. The molecule has 1 fully saturated rings. The Morgan fingerprint density at radius 2 is 1.75 bits per heavy atom. The van der Waals surface area contributed by atoms with Gasteiger partial charge in [0.15, 0.2) is 0 Å². The van der Waals surface area contributed by atoms with Gasteiger partial charge in [-0.3, -0.25) is 0 Å². The van der Waals surface area contributed by atoms with E-state index in [2.05, 4.69) is 49.9 Å². The molecule has 2 rings (SSSR count). The number of rotatable bonds is 4. The molecule has 1 aliphatic rings. The van der Waals surface area contributed by atoms with E-state index < -0.39 is 0 Å². The van der Waals surface area contributed by atoms with Crippen molar-refractivity contribution in [3.63, 3.8) is 0 Å². The molecular formula is C18H29NO. The Morgan fingerprint density at radius 1 is 1.10 bits per heavy atom. The molecule has 1 N–H and O–H groups in total. The summed E-state index contributed by atoms with van der Waals surface area (Å²) < 4.78 is 0. The lowest BCUT2D eigenvalue weighted by Crippen LogP contribution is -2.29. The van der Waals surface area contributed by atoms with Gasteiger partial charge in [-0.2, -0.15) is 0 Å². The van der Waals surface area contributed by atoms with E-state index in [1.165, 1.54) is 24.8 Å². The molecule has 2 unspecified atom stereocenters. The number of nitrogens with zero attached hydrogens (tertiary/aromatic N) is 1. The van der Waals surface area contributed by atoms with Crippen LogP contribution in [0.5, 0.6) is 0 Å². The number of hydrogen-bond donors (Lipinski definition) is 1. The van der Waals surface area contributed by atoms with E-state index in [0.717, 1.165) is 31.1 Å². The third-order valence-corrected chi connectivity index (χ3v) is 4.53. The summed E-state index contributed by atoms with van der Waals surface area (Å²) in [5.41, 5.74) is 2.39. The van der Waals surface area contributed by atoms with Crippen molar-refractivity contribution in [2.45, 2.75) is 52.1 Å². The van der Waals surface area contributed by atoms with Gasteiger partial charge < -0.3 is 10.0 Å². The maximum atomic E-state index is 10.4. The van der Waals surface area contributed by atoms with Crippen LogP contribution in [0.25, 0.3) is 0 Å². The highest BCUT2D eigenvalue weighted by Gasteiger charge is 2.17. The average molecular weight is 275 g/mol. The molecular weight excluding hydrogens is 246 g/mol. The molecule has 0 saturated carbocycles. The van der Waals surface area contributed by atoms with Crippen LogP contribution in [-0.2, 0) is 0 Å². The smallest absolute Gasteiger partial charge is 0.0916 e. The molecule has 112 valence electrons. The fourth-order valence-electron chi connectivity index (χ4n) is 2.96. The van der Waals surface area contributed by atoms with Crippen molar-refractivity contribution in [1.29, 1.82) is 0 Å². The zero-order chi connectivity index (χ0) is 14.5. The molecule has 2 heteroatoms. The van der Waals surface area contributed by atoms with Gasteiger partial charge in [-0.15, -0.1) is 0 Å². The molecule has 1 aromatic carbocycles. The molecule has 20 heavy (non-hydrogen) atoms. The highest BCUT2D eigenvalue weighted by molar-refractivity contribution is 5.26. The van der Waals surface area contributed by atoms with Gasteiger partial charge >= 0.3 is 0 Å². The molecule has 2 nitrogen and oxygen atoms in total. The van der Waals surface area contributed by atoms with Crippen LogP contribution >= 0.6 is 0 Å². The zero-order valence-corrected chi connectivity index (χ0v) is 13.2. The molecule has 0 aromatic heterocycles. The molecule has 1 heterocycles. The van der Waals surface area contributed by atoms with E-state index in [9.17, 15) is 5.11 Å². The highest BCUT2D eigenvalue weighted by atomic mass is 16.3. The Hall–Kier alpha value is -0.860. The Kier molecular flexibility index (Phi) is 5.62. The van der Waals surface area contributed by atoms with E-state index in [1.807, 2.05) is 0 Å². The number of hydrogen-bond acceptors (Lipinski definition) is 2. The highest BCUT2D eigenvalue weighted by Crippen LogP contribution is 2.22. The summed E-state index contributed by atoms with van der Waals surface area (Å²) in [6.07, 6.45) is 3.50. The summed E-state index contributed by atoms with van der Waals surface area (Å²) in [6, 6.07) is 8.46. The van der Waals surface area contributed by atoms with Crippen molar-refractivity contribution in [2.75, 3.05) is 19.6 Å². The quantitative estimate of drug-likeness (QED) is 0.899. The minimum Gasteiger partial charge on any atom is -0.387 e. The molecule has 1 saturated heterocycles. The molecule has 0 aliphatic carbocycles. The maximum absolute atomic E-state index is 10.4. The first-order valence-corrected chi connectivity index (χ1v) is 8.06. The first-order chi connectivity index (χ1) is 9.56. The van der Waals surface area contributed by atoms with Gasteiger partial charge in [0.1, 0.15) is 0 Å². The molecule has 2 atom stereocenters. The Bertz CT molecular complexity index is 398. The fraction of sp³-hybridized carbons (Fsp3) is 0.667. The van der Waals surface area contributed by atoms with Crippen molar-refractivity contribution >= 4 is 0 Å². The molecule has 1 aliphatic heterocycles. The topological polar surface area (TPSA) is 23.5 Å². The van der Waals surface area contributed by atoms with E-state index in [-0.39, 0.29) is 6.10 Å². The van der Waals surface area contributed by atoms with E-state index in [0.29, 0.717) is 5.92 Å². The predicted molar refractivity (Wildman–Crippen MR) is 84.9 cm³/mol. The molecule has 1 aromatic rings. The lowest BCUT2D eigenvalue weighted by molar-refractivity contribution is 0.114. The van der Waals surface area contributed by atoms with E-state index >= 15 is 0 Å². The van der Waals surface area contributed by atoms with Gasteiger partial charge in [0, 0.05) is 6.54 Å². The first-order valence-electron chi connectivity index (χ1n) is 8.06. The minimum absolute atomic E-state index is 0.357. The summed E-state index contributed by atoms with van der Waals surface area (Å²) in [4.78, 5) is 2.42. The van der Waals surface area contributed by atoms with Crippen LogP contribution in [0.1, 0.15) is 63.2 Å². The van der Waals surface area contributed by atoms with Gasteiger partial charge in [0.25, 0.3) is 0 Å². The van der Waals surface area contributed by atoms with Crippen LogP contribution in [0.3, 0.4) is 0 Å². The third-order valence-electron chi connectivity index (χ3n) is 4.53. The minimum atomic E-state index is -0.357. The van der Waals surface area contributed by atoms with E-state index in [4.69, 9.17) is 0 Å². The Labute approximate surface area is 123 Å². The monoisotopic (exact) mass is 275 g/mol. The summed E-state index contributed by atoms with van der Waals surface area (Å²) >= 11 is 0. The fourth-order valence-corrected chi connectivity index (χ4v) is 2.96. The van der Waals surface area contributed by atoms with Gasteiger partial charge in [-0.25, -0.2) is 0 Å². The number of likely N-dealkylation sites (tertiary alicyclic amines) is 1. The number of benzene rings is 1. The van der Waals surface area contributed by atoms with Crippen LogP contribution in [0, 0.1) is 5.92 Å². The van der Waals surface area contributed by atoms with Gasteiger partial charge in [-0.1, -0.05) is 45.0 Å². The van der Waals surface area contributed by atoms with Crippen LogP contribution in [0.15, 0.2) is 24.3 Å². The van der Waals surface area contributed by atoms with Crippen molar-refractivity contribution < 1.29 is 5.11 Å². The molecule has 0 amide bonds. The number of aliphatic hydroxyl groups excluding tert-OH is 1. The van der Waals surface area contributed by atoms with Gasteiger partial charge in [0.05, 0.1) is 6.10 Å². The second-order valence-electron chi connectivity index (χ2n) is 6.67. The van der Waals surface area contributed by atoms with Gasteiger partial charge in [0.2, 0.25) is 0 Å². The van der Waals surface area contributed by atoms with Crippen molar-refractivity contribution in [3.05, 3.63) is 35.4 Å². The van der Waals surface area contributed by atoms with E-state index in [1.54, 1.807) is 0 Å². The van der Waals surface area contributed by atoms with Crippen LogP contribution in [0.2, 0.25) is 0 Å².